The van der Waals surface area contributed by atoms with Gasteiger partial charge in [-0.1, -0.05) is 17.7 Å². The van der Waals surface area contributed by atoms with Crippen LogP contribution < -0.4 is 16.0 Å². The molecule has 2 aromatic heterocycles. The maximum Gasteiger partial charge on any atom is 0.227 e. The number of anilines is 3. The van der Waals surface area contributed by atoms with E-state index in [1.165, 1.54) is 6.92 Å². The number of halogens is 1. The van der Waals surface area contributed by atoms with Gasteiger partial charge in [-0.05, 0) is 36.4 Å². The lowest BCUT2D eigenvalue weighted by Crippen LogP contribution is -2.26. The summed E-state index contributed by atoms with van der Waals surface area (Å²) in [5.41, 5.74) is 2.49. The van der Waals surface area contributed by atoms with Crippen molar-refractivity contribution in [1.29, 1.82) is 0 Å². The van der Waals surface area contributed by atoms with Gasteiger partial charge in [0.1, 0.15) is 5.82 Å². The number of nitrogens with zero attached hydrogens (tertiary/aromatic N) is 3. The van der Waals surface area contributed by atoms with Gasteiger partial charge in [-0.25, -0.2) is 15.0 Å². The highest BCUT2D eigenvalue weighted by atomic mass is 35.5. The third-order valence-corrected chi connectivity index (χ3v) is 3.83. The van der Waals surface area contributed by atoms with Crippen LogP contribution in [0, 0.1) is 0 Å². The summed E-state index contributed by atoms with van der Waals surface area (Å²) in [5, 5.41) is 9.68. The molecule has 0 radical (unpaired) electrons. The molecule has 0 atom stereocenters. The lowest BCUT2D eigenvalue weighted by molar-refractivity contribution is -0.118. The number of carbonyl (C=O) groups is 1. The average Bonchev–Trinajstić information content (AvgIpc) is 2.66. The normalized spacial score (nSPS) is 10.3. The lowest BCUT2D eigenvalue weighted by Gasteiger charge is -2.09. The van der Waals surface area contributed by atoms with Gasteiger partial charge in [0.25, 0.3) is 0 Å². The van der Waals surface area contributed by atoms with Crippen LogP contribution in [0.25, 0.3) is 11.3 Å². The molecule has 1 aromatic carbocycles. The number of hydrogen-bond donors (Lipinski definition) is 3. The first kappa shape index (κ1) is 18.6. The largest absolute Gasteiger partial charge is 0.368 e. The average molecular weight is 383 g/mol. The Morgan fingerprint density at radius 1 is 1.07 bits per heavy atom. The minimum Gasteiger partial charge on any atom is -0.368 e. The summed E-state index contributed by atoms with van der Waals surface area (Å²) in [7, 11) is 0. The van der Waals surface area contributed by atoms with Crippen molar-refractivity contribution < 1.29 is 4.79 Å². The van der Waals surface area contributed by atoms with Gasteiger partial charge < -0.3 is 16.0 Å². The lowest BCUT2D eigenvalue weighted by atomic mass is 10.2. The van der Waals surface area contributed by atoms with Gasteiger partial charge in [-0.2, -0.15) is 0 Å². The zero-order valence-electron chi connectivity index (χ0n) is 14.7. The van der Waals surface area contributed by atoms with Crippen LogP contribution in [0.4, 0.5) is 17.5 Å². The molecule has 3 rings (SSSR count). The van der Waals surface area contributed by atoms with Gasteiger partial charge in [0.15, 0.2) is 0 Å². The van der Waals surface area contributed by atoms with Crippen LogP contribution in [0.5, 0.6) is 0 Å². The molecular formula is C19H19ClN6O. The molecule has 3 aromatic rings. The van der Waals surface area contributed by atoms with Crippen LogP contribution in [0.15, 0.2) is 54.9 Å². The molecule has 3 N–H and O–H groups in total. The number of carbonyl (C=O) groups excluding carboxylic acids is 1. The van der Waals surface area contributed by atoms with E-state index in [1.807, 2.05) is 30.3 Å². The van der Waals surface area contributed by atoms with E-state index in [1.54, 1.807) is 24.5 Å². The number of rotatable bonds is 7. The predicted octanol–water partition coefficient (Wildman–Crippen LogP) is 3.48. The van der Waals surface area contributed by atoms with Crippen LogP contribution >= 0.6 is 11.6 Å². The predicted molar refractivity (Wildman–Crippen MR) is 107 cm³/mol. The van der Waals surface area contributed by atoms with Crippen molar-refractivity contribution in [3.05, 3.63) is 59.9 Å². The molecule has 7 nitrogen and oxygen atoms in total. The Hall–Kier alpha value is -3.19. The maximum atomic E-state index is 10.9. The van der Waals surface area contributed by atoms with Crippen molar-refractivity contribution in [3.8, 4) is 11.3 Å². The number of nitrogens with one attached hydrogen (secondary N) is 3. The van der Waals surface area contributed by atoms with Crippen LogP contribution in [-0.4, -0.2) is 33.9 Å². The fourth-order valence-corrected chi connectivity index (χ4v) is 2.58. The summed E-state index contributed by atoms with van der Waals surface area (Å²) in [4.78, 5) is 24.0. The van der Waals surface area contributed by atoms with E-state index in [0.29, 0.717) is 29.9 Å². The van der Waals surface area contributed by atoms with E-state index in [-0.39, 0.29) is 5.91 Å². The molecule has 27 heavy (non-hydrogen) atoms. The second-order valence-corrected chi connectivity index (χ2v) is 6.18. The first-order chi connectivity index (χ1) is 13.1. The summed E-state index contributed by atoms with van der Waals surface area (Å²) in [6.07, 6.45) is 3.40. The van der Waals surface area contributed by atoms with E-state index in [4.69, 9.17) is 11.6 Å². The second kappa shape index (κ2) is 8.95. The number of aromatic nitrogens is 3. The molecule has 0 fully saturated rings. The number of pyridine rings is 1. The van der Waals surface area contributed by atoms with Crippen LogP contribution in [0.1, 0.15) is 6.92 Å². The molecule has 2 heterocycles. The van der Waals surface area contributed by atoms with Crippen LogP contribution in [-0.2, 0) is 4.79 Å². The third kappa shape index (κ3) is 5.65. The Labute approximate surface area is 162 Å². The third-order valence-electron chi connectivity index (χ3n) is 3.60. The summed E-state index contributed by atoms with van der Waals surface area (Å²) in [6.45, 7) is 2.60. The molecule has 138 valence electrons. The zero-order valence-corrected chi connectivity index (χ0v) is 15.5. The van der Waals surface area contributed by atoms with Gasteiger partial charge in [-0.3, -0.25) is 4.79 Å². The van der Waals surface area contributed by atoms with Gasteiger partial charge in [-0.15, -0.1) is 0 Å². The van der Waals surface area contributed by atoms with Crippen LogP contribution in [0.3, 0.4) is 0 Å². The quantitative estimate of drug-likeness (QED) is 0.542. The molecule has 0 unspecified atom stereocenters. The van der Waals surface area contributed by atoms with Crippen molar-refractivity contribution in [1.82, 2.24) is 20.3 Å². The highest BCUT2D eigenvalue weighted by molar-refractivity contribution is 6.30. The summed E-state index contributed by atoms with van der Waals surface area (Å²) in [6, 6.07) is 13.0. The minimum atomic E-state index is -0.0563. The molecule has 0 saturated carbocycles. The summed E-state index contributed by atoms with van der Waals surface area (Å²) >= 11 is 6.01. The Morgan fingerprint density at radius 3 is 2.74 bits per heavy atom. The molecule has 0 saturated heterocycles. The fourth-order valence-electron chi connectivity index (χ4n) is 2.39. The molecule has 0 aliphatic rings. The Morgan fingerprint density at radius 2 is 1.93 bits per heavy atom. The maximum absolute atomic E-state index is 10.9. The smallest absolute Gasteiger partial charge is 0.227 e. The zero-order chi connectivity index (χ0) is 19.1. The highest BCUT2D eigenvalue weighted by Gasteiger charge is 2.05. The van der Waals surface area contributed by atoms with Gasteiger partial charge >= 0.3 is 0 Å². The van der Waals surface area contributed by atoms with Gasteiger partial charge in [0.05, 0.1) is 5.69 Å². The van der Waals surface area contributed by atoms with Gasteiger partial charge in [0, 0.05) is 48.7 Å². The summed E-state index contributed by atoms with van der Waals surface area (Å²) < 4.78 is 0. The monoisotopic (exact) mass is 382 g/mol. The number of hydrogen-bond acceptors (Lipinski definition) is 6. The van der Waals surface area contributed by atoms with E-state index in [0.717, 1.165) is 16.9 Å². The Bertz CT molecular complexity index is 933. The van der Waals surface area contributed by atoms with Crippen LogP contribution in [0.2, 0.25) is 5.02 Å². The molecule has 1 amide bonds. The topological polar surface area (TPSA) is 91.8 Å². The van der Waals surface area contributed by atoms with Gasteiger partial charge in [0.2, 0.25) is 11.9 Å². The molecule has 8 heteroatoms. The Kier molecular flexibility index (Phi) is 6.17. The molecular weight excluding hydrogens is 364 g/mol. The summed E-state index contributed by atoms with van der Waals surface area (Å²) in [5.74, 6) is 1.13. The van der Waals surface area contributed by atoms with Crippen molar-refractivity contribution in [2.75, 3.05) is 23.7 Å². The van der Waals surface area contributed by atoms with E-state index in [9.17, 15) is 4.79 Å². The van der Waals surface area contributed by atoms with Crippen molar-refractivity contribution in [3.63, 3.8) is 0 Å². The molecule has 0 aliphatic carbocycles. The first-order valence-electron chi connectivity index (χ1n) is 8.40. The van der Waals surface area contributed by atoms with E-state index >= 15 is 0 Å². The van der Waals surface area contributed by atoms with Crippen molar-refractivity contribution >= 4 is 35.0 Å². The highest BCUT2D eigenvalue weighted by Crippen LogP contribution is 2.22. The van der Waals surface area contributed by atoms with Crippen molar-refractivity contribution in [2.45, 2.75) is 6.92 Å². The fraction of sp³-hybridized carbons (Fsp3) is 0.158. The second-order valence-electron chi connectivity index (χ2n) is 5.74. The molecule has 0 bridgehead atoms. The number of benzene rings is 1. The SMILES string of the molecule is CC(=O)NCCNc1cc(-c2ccnc(Nc3cccc(Cl)c3)n2)ccn1. The first-order valence-corrected chi connectivity index (χ1v) is 8.78. The molecule has 0 spiro atoms. The number of amides is 1. The Balaban J connectivity index is 1.71. The van der Waals surface area contributed by atoms with E-state index < -0.39 is 0 Å². The van der Waals surface area contributed by atoms with Crippen molar-refractivity contribution in [2.24, 2.45) is 0 Å². The van der Waals surface area contributed by atoms with E-state index in [2.05, 4.69) is 30.9 Å². The molecule has 0 aliphatic heterocycles. The minimum absolute atomic E-state index is 0.0563. The standard InChI is InChI=1S/C19H19ClN6O/c1-13(27)21-9-10-23-18-11-14(5-7-22-18)17-6-8-24-19(26-17)25-16-4-2-3-15(20)12-16/h2-8,11-12H,9-10H2,1H3,(H,21,27)(H,22,23)(H,24,25,26).